The SMILES string of the molecule is CCC(C(=O)NC1CCCCCC1)n1ccc(C(=O)NC2CCCCCC2)n1. The fourth-order valence-electron chi connectivity index (χ4n) is 4.53. The smallest absolute Gasteiger partial charge is 0.271 e. The lowest BCUT2D eigenvalue weighted by Gasteiger charge is -2.21. The number of hydrogen-bond donors (Lipinski definition) is 2. The van der Waals surface area contributed by atoms with Gasteiger partial charge in [0.25, 0.3) is 5.91 Å². The highest BCUT2D eigenvalue weighted by atomic mass is 16.2. The van der Waals surface area contributed by atoms with Crippen LogP contribution < -0.4 is 10.6 Å². The molecule has 3 rings (SSSR count). The first kappa shape index (κ1) is 20.9. The van der Waals surface area contributed by atoms with E-state index in [0.29, 0.717) is 12.1 Å². The van der Waals surface area contributed by atoms with Gasteiger partial charge in [-0.2, -0.15) is 5.10 Å². The summed E-state index contributed by atoms with van der Waals surface area (Å²) in [4.78, 5) is 25.4. The van der Waals surface area contributed by atoms with Crippen molar-refractivity contribution in [3.8, 4) is 0 Å². The summed E-state index contributed by atoms with van der Waals surface area (Å²) in [5.41, 5.74) is 0.407. The monoisotopic (exact) mass is 388 g/mol. The number of aromatic nitrogens is 2. The molecule has 1 atom stereocenters. The van der Waals surface area contributed by atoms with Crippen molar-refractivity contribution in [2.75, 3.05) is 0 Å². The Morgan fingerprint density at radius 3 is 2.04 bits per heavy atom. The summed E-state index contributed by atoms with van der Waals surface area (Å²) >= 11 is 0. The minimum atomic E-state index is -0.359. The van der Waals surface area contributed by atoms with Gasteiger partial charge in [-0.25, -0.2) is 0 Å². The number of rotatable bonds is 6. The quantitative estimate of drug-likeness (QED) is 0.720. The highest BCUT2D eigenvalue weighted by Crippen LogP contribution is 2.20. The zero-order valence-electron chi connectivity index (χ0n) is 17.3. The van der Waals surface area contributed by atoms with Crippen LogP contribution >= 0.6 is 0 Å². The number of hydrogen-bond acceptors (Lipinski definition) is 3. The highest BCUT2D eigenvalue weighted by molar-refractivity contribution is 5.92. The Morgan fingerprint density at radius 1 is 0.964 bits per heavy atom. The molecule has 1 aromatic rings. The van der Waals surface area contributed by atoms with Gasteiger partial charge in [0.05, 0.1) is 0 Å². The van der Waals surface area contributed by atoms with Crippen LogP contribution in [-0.4, -0.2) is 33.7 Å². The fourth-order valence-corrected chi connectivity index (χ4v) is 4.53. The van der Waals surface area contributed by atoms with Crippen LogP contribution in [0.4, 0.5) is 0 Å². The van der Waals surface area contributed by atoms with Gasteiger partial charge < -0.3 is 10.6 Å². The van der Waals surface area contributed by atoms with Crippen molar-refractivity contribution in [2.24, 2.45) is 0 Å². The molecule has 2 amide bonds. The number of nitrogens with one attached hydrogen (secondary N) is 2. The van der Waals surface area contributed by atoms with E-state index in [1.54, 1.807) is 16.9 Å². The summed E-state index contributed by atoms with van der Waals surface area (Å²) in [6.45, 7) is 1.99. The number of carbonyl (C=O) groups excluding carboxylic acids is 2. The van der Waals surface area contributed by atoms with Crippen LogP contribution in [0.25, 0.3) is 0 Å². The molecule has 0 aromatic carbocycles. The van der Waals surface area contributed by atoms with Crippen LogP contribution in [0, 0.1) is 0 Å². The summed E-state index contributed by atoms with van der Waals surface area (Å²) in [6, 6.07) is 1.90. The molecule has 0 radical (unpaired) electrons. The zero-order valence-corrected chi connectivity index (χ0v) is 17.3. The summed E-state index contributed by atoms with van der Waals surface area (Å²) in [7, 11) is 0. The van der Waals surface area contributed by atoms with Gasteiger partial charge in [0.1, 0.15) is 11.7 Å². The Bertz CT molecular complexity index is 626. The van der Waals surface area contributed by atoms with Gasteiger partial charge in [0.2, 0.25) is 5.91 Å². The van der Waals surface area contributed by atoms with Crippen LogP contribution in [0.2, 0.25) is 0 Å². The van der Waals surface area contributed by atoms with Gasteiger partial charge in [-0.05, 0) is 38.2 Å². The first-order chi connectivity index (χ1) is 13.7. The maximum Gasteiger partial charge on any atom is 0.271 e. The molecule has 1 unspecified atom stereocenters. The average Bonchev–Trinajstić information content (AvgIpc) is 2.86. The molecule has 6 nitrogen and oxygen atoms in total. The van der Waals surface area contributed by atoms with E-state index in [2.05, 4.69) is 15.7 Å². The molecule has 2 saturated carbocycles. The molecule has 0 saturated heterocycles. The second kappa shape index (κ2) is 10.6. The summed E-state index contributed by atoms with van der Waals surface area (Å²) in [6.07, 6.45) is 16.4. The predicted octanol–water partition coefficient (Wildman–Crippen LogP) is 4.13. The highest BCUT2D eigenvalue weighted by Gasteiger charge is 2.24. The third-order valence-corrected chi connectivity index (χ3v) is 6.24. The molecule has 0 spiro atoms. The molecule has 6 heteroatoms. The Labute approximate surface area is 168 Å². The van der Waals surface area contributed by atoms with Crippen LogP contribution in [-0.2, 0) is 4.79 Å². The van der Waals surface area contributed by atoms with Crippen molar-refractivity contribution in [3.05, 3.63) is 18.0 Å². The van der Waals surface area contributed by atoms with Gasteiger partial charge in [-0.15, -0.1) is 0 Å². The molecule has 156 valence electrons. The van der Waals surface area contributed by atoms with Gasteiger partial charge in [-0.3, -0.25) is 14.3 Å². The maximum atomic E-state index is 12.8. The largest absolute Gasteiger partial charge is 0.352 e. The van der Waals surface area contributed by atoms with E-state index >= 15 is 0 Å². The molecule has 0 bridgehead atoms. The average molecular weight is 389 g/mol. The summed E-state index contributed by atoms with van der Waals surface area (Å²) < 4.78 is 1.66. The molecule has 0 aliphatic heterocycles. The Balaban J connectivity index is 1.58. The lowest BCUT2D eigenvalue weighted by Crippen LogP contribution is -2.39. The molecule has 2 fully saturated rings. The van der Waals surface area contributed by atoms with E-state index in [9.17, 15) is 9.59 Å². The Kier molecular flexibility index (Phi) is 7.92. The fraction of sp³-hybridized carbons (Fsp3) is 0.773. The van der Waals surface area contributed by atoms with Crippen LogP contribution in [0.15, 0.2) is 12.3 Å². The predicted molar refractivity (Wildman–Crippen MR) is 110 cm³/mol. The third kappa shape index (κ3) is 5.82. The van der Waals surface area contributed by atoms with Crippen molar-refractivity contribution in [2.45, 2.75) is 109 Å². The van der Waals surface area contributed by atoms with Gasteiger partial charge in [0.15, 0.2) is 0 Å². The number of nitrogens with zero attached hydrogens (tertiary/aromatic N) is 2. The van der Waals surface area contributed by atoms with Crippen molar-refractivity contribution < 1.29 is 9.59 Å². The van der Waals surface area contributed by atoms with Crippen molar-refractivity contribution in [1.29, 1.82) is 0 Å². The van der Waals surface area contributed by atoms with E-state index in [1.165, 1.54) is 51.4 Å². The Hall–Kier alpha value is -1.85. The first-order valence-electron chi connectivity index (χ1n) is 11.3. The second-order valence-electron chi connectivity index (χ2n) is 8.46. The minimum absolute atomic E-state index is 0.0215. The van der Waals surface area contributed by atoms with E-state index in [-0.39, 0.29) is 29.9 Å². The lowest BCUT2D eigenvalue weighted by molar-refractivity contribution is -0.125. The standard InChI is InChI=1S/C22H36N4O2/c1-2-20(22(28)24-18-13-9-5-6-10-14-18)26-16-15-19(25-26)21(27)23-17-11-7-3-4-8-12-17/h15-18,20H,2-14H2,1H3,(H,23,27)(H,24,28). The first-order valence-corrected chi connectivity index (χ1v) is 11.3. The molecule has 2 aliphatic rings. The molecular formula is C22H36N4O2. The second-order valence-corrected chi connectivity index (χ2v) is 8.46. The third-order valence-electron chi connectivity index (χ3n) is 6.24. The summed E-state index contributed by atoms with van der Waals surface area (Å²) in [5.74, 6) is -0.0992. The molecule has 2 aliphatic carbocycles. The van der Waals surface area contributed by atoms with Crippen LogP contribution in [0.5, 0.6) is 0 Å². The van der Waals surface area contributed by atoms with Gasteiger partial charge in [0, 0.05) is 18.3 Å². The minimum Gasteiger partial charge on any atom is -0.352 e. The topological polar surface area (TPSA) is 76.0 Å². The van der Waals surface area contributed by atoms with Gasteiger partial charge >= 0.3 is 0 Å². The molecule has 2 N–H and O–H groups in total. The van der Waals surface area contributed by atoms with Gasteiger partial charge in [-0.1, -0.05) is 58.3 Å². The normalized spacial score (nSPS) is 20.8. The van der Waals surface area contributed by atoms with Crippen molar-refractivity contribution in [1.82, 2.24) is 20.4 Å². The van der Waals surface area contributed by atoms with E-state index in [0.717, 1.165) is 25.7 Å². The van der Waals surface area contributed by atoms with Crippen molar-refractivity contribution in [3.63, 3.8) is 0 Å². The van der Waals surface area contributed by atoms with E-state index < -0.39 is 0 Å². The zero-order chi connectivity index (χ0) is 19.8. The lowest BCUT2D eigenvalue weighted by atomic mass is 10.1. The maximum absolute atomic E-state index is 12.8. The molecule has 28 heavy (non-hydrogen) atoms. The number of carbonyl (C=O) groups is 2. The molecule has 1 aromatic heterocycles. The Morgan fingerprint density at radius 2 is 1.50 bits per heavy atom. The van der Waals surface area contributed by atoms with E-state index in [1.807, 2.05) is 6.92 Å². The summed E-state index contributed by atoms with van der Waals surface area (Å²) in [5, 5.41) is 10.8. The number of amides is 2. The van der Waals surface area contributed by atoms with Crippen LogP contribution in [0.3, 0.4) is 0 Å². The van der Waals surface area contributed by atoms with E-state index in [4.69, 9.17) is 0 Å². The molecule has 1 heterocycles. The van der Waals surface area contributed by atoms with Crippen LogP contribution in [0.1, 0.15) is 107 Å². The molecular weight excluding hydrogens is 352 g/mol. The van der Waals surface area contributed by atoms with Crippen molar-refractivity contribution >= 4 is 11.8 Å².